The van der Waals surface area contributed by atoms with E-state index >= 15 is 0 Å². The van der Waals surface area contributed by atoms with Crippen molar-refractivity contribution < 1.29 is 14.3 Å². The van der Waals surface area contributed by atoms with Crippen molar-refractivity contribution >= 4 is 5.97 Å². The van der Waals surface area contributed by atoms with E-state index in [1.54, 1.807) is 7.11 Å². The van der Waals surface area contributed by atoms with Gasteiger partial charge in [0.05, 0.1) is 13.7 Å². The zero-order valence-electron chi connectivity index (χ0n) is 14.5. The topological polar surface area (TPSA) is 50.8 Å². The molecule has 1 N–H and O–H groups in total. The largest absolute Gasteiger partial charge is 0.468 e. The van der Waals surface area contributed by atoms with Crippen LogP contribution in [0.3, 0.4) is 0 Å². The number of hydrogen-bond donors (Lipinski definition) is 1. The van der Waals surface area contributed by atoms with Gasteiger partial charge in [-0.25, -0.2) is 0 Å². The van der Waals surface area contributed by atoms with Crippen LogP contribution in [-0.4, -0.2) is 63.4 Å². The summed E-state index contributed by atoms with van der Waals surface area (Å²) in [5.74, 6) is -0.164. The monoisotopic (exact) mass is 302 g/mol. The quantitative estimate of drug-likeness (QED) is 0.417. The molecule has 0 heterocycles. The zero-order valence-corrected chi connectivity index (χ0v) is 14.5. The second-order valence-corrected chi connectivity index (χ2v) is 5.63. The Bertz CT molecular complexity index is 274. The van der Waals surface area contributed by atoms with Crippen molar-refractivity contribution in [1.82, 2.24) is 10.2 Å². The van der Waals surface area contributed by atoms with Crippen molar-refractivity contribution in [3.63, 3.8) is 0 Å². The first-order valence-corrected chi connectivity index (χ1v) is 8.08. The highest BCUT2D eigenvalue weighted by atomic mass is 16.5. The summed E-state index contributed by atoms with van der Waals surface area (Å²) in [4.78, 5) is 14.3. The van der Waals surface area contributed by atoms with Crippen molar-refractivity contribution in [2.75, 3.05) is 47.0 Å². The van der Waals surface area contributed by atoms with Crippen LogP contribution in [0.1, 0.15) is 46.5 Å². The Morgan fingerprint density at radius 3 is 2.43 bits per heavy atom. The van der Waals surface area contributed by atoms with Crippen molar-refractivity contribution in [2.45, 2.75) is 52.0 Å². The molecule has 0 radical (unpaired) electrons. The fourth-order valence-electron chi connectivity index (χ4n) is 2.35. The first-order chi connectivity index (χ1) is 10.0. The van der Waals surface area contributed by atoms with Crippen molar-refractivity contribution in [3.05, 3.63) is 0 Å². The number of carbonyl (C=O) groups is 1. The minimum absolute atomic E-state index is 0.164. The van der Waals surface area contributed by atoms with Crippen LogP contribution in [-0.2, 0) is 14.3 Å². The van der Waals surface area contributed by atoms with Gasteiger partial charge in [-0.3, -0.25) is 4.79 Å². The van der Waals surface area contributed by atoms with Crippen LogP contribution < -0.4 is 5.32 Å². The molecule has 0 saturated heterocycles. The molecule has 5 heteroatoms. The molecule has 0 amide bonds. The van der Waals surface area contributed by atoms with E-state index in [0.717, 1.165) is 58.5 Å². The number of ether oxygens (including phenoxy) is 2. The summed E-state index contributed by atoms with van der Waals surface area (Å²) in [7, 11) is 3.19. The minimum Gasteiger partial charge on any atom is -0.468 e. The Morgan fingerprint density at radius 1 is 1.19 bits per heavy atom. The van der Waals surface area contributed by atoms with Crippen LogP contribution >= 0.6 is 0 Å². The Morgan fingerprint density at radius 2 is 1.90 bits per heavy atom. The number of esters is 1. The van der Waals surface area contributed by atoms with Crippen molar-refractivity contribution in [1.29, 1.82) is 0 Å². The van der Waals surface area contributed by atoms with E-state index in [-0.39, 0.29) is 5.97 Å². The minimum atomic E-state index is -0.561. The molecule has 0 aliphatic rings. The molecule has 0 aromatic heterocycles. The number of likely N-dealkylation sites (N-methyl/N-ethyl adjacent to an activating group) is 1. The standard InChI is InChI=1S/C16H34N2O3/c1-6-11-17-16(3,15(19)21-5)10-8-9-12-18(7-2)13-14-20-4/h17H,6-14H2,1-5H3. The van der Waals surface area contributed by atoms with E-state index in [0.29, 0.717) is 0 Å². The first-order valence-electron chi connectivity index (χ1n) is 8.08. The van der Waals surface area contributed by atoms with Gasteiger partial charge in [0, 0.05) is 13.7 Å². The van der Waals surface area contributed by atoms with E-state index in [4.69, 9.17) is 9.47 Å². The molecular formula is C16H34N2O3. The summed E-state index contributed by atoms with van der Waals surface area (Å²) in [5.41, 5.74) is -0.561. The summed E-state index contributed by atoms with van der Waals surface area (Å²) in [6, 6.07) is 0. The lowest BCUT2D eigenvalue weighted by atomic mass is 9.94. The van der Waals surface area contributed by atoms with E-state index in [1.807, 2.05) is 6.92 Å². The molecule has 0 fully saturated rings. The second-order valence-electron chi connectivity index (χ2n) is 5.63. The Kier molecular flexibility index (Phi) is 11.6. The highest BCUT2D eigenvalue weighted by molar-refractivity contribution is 5.80. The van der Waals surface area contributed by atoms with Gasteiger partial charge in [0.1, 0.15) is 5.54 Å². The third-order valence-corrected chi connectivity index (χ3v) is 3.86. The van der Waals surface area contributed by atoms with E-state index in [1.165, 1.54) is 7.11 Å². The van der Waals surface area contributed by atoms with Crippen molar-refractivity contribution in [3.8, 4) is 0 Å². The van der Waals surface area contributed by atoms with Crippen LogP contribution in [0.15, 0.2) is 0 Å². The third kappa shape index (κ3) is 8.39. The van der Waals surface area contributed by atoms with Crippen LogP contribution in [0.25, 0.3) is 0 Å². The first kappa shape index (κ1) is 20.3. The lowest BCUT2D eigenvalue weighted by molar-refractivity contribution is -0.148. The van der Waals surface area contributed by atoms with Crippen LogP contribution in [0.4, 0.5) is 0 Å². The normalized spacial score (nSPS) is 14.2. The SMILES string of the molecule is CCCNC(C)(CCCCN(CC)CCOC)C(=O)OC. The second kappa shape index (κ2) is 12.0. The number of methoxy groups -OCH3 is 2. The fraction of sp³-hybridized carbons (Fsp3) is 0.938. The van der Waals surface area contributed by atoms with Crippen molar-refractivity contribution in [2.24, 2.45) is 0 Å². The number of hydrogen-bond acceptors (Lipinski definition) is 5. The molecule has 21 heavy (non-hydrogen) atoms. The molecule has 0 aliphatic heterocycles. The summed E-state index contributed by atoms with van der Waals surface area (Å²) >= 11 is 0. The number of nitrogens with zero attached hydrogens (tertiary/aromatic N) is 1. The van der Waals surface area contributed by atoms with Gasteiger partial charge in [-0.15, -0.1) is 0 Å². The fourth-order valence-corrected chi connectivity index (χ4v) is 2.35. The maximum Gasteiger partial charge on any atom is 0.325 e. The molecule has 0 aromatic rings. The molecule has 0 saturated carbocycles. The van der Waals surface area contributed by atoms with E-state index in [2.05, 4.69) is 24.1 Å². The van der Waals surface area contributed by atoms with E-state index in [9.17, 15) is 4.79 Å². The summed E-state index contributed by atoms with van der Waals surface area (Å²) in [5, 5.41) is 3.32. The molecular weight excluding hydrogens is 268 g/mol. The van der Waals surface area contributed by atoms with Gasteiger partial charge in [0.2, 0.25) is 0 Å². The number of rotatable bonds is 13. The Labute approximate surface area is 130 Å². The predicted molar refractivity (Wildman–Crippen MR) is 86.6 cm³/mol. The molecule has 126 valence electrons. The zero-order chi connectivity index (χ0) is 16.1. The summed E-state index contributed by atoms with van der Waals surface area (Å²) in [6.07, 6.45) is 3.90. The maximum absolute atomic E-state index is 12.0. The number of carbonyl (C=O) groups excluding carboxylic acids is 1. The lowest BCUT2D eigenvalue weighted by Crippen LogP contribution is -2.50. The molecule has 0 bridgehead atoms. The molecule has 5 nitrogen and oxygen atoms in total. The van der Waals surface area contributed by atoms with Gasteiger partial charge in [-0.2, -0.15) is 0 Å². The highest BCUT2D eigenvalue weighted by Crippen LogP contribution is 2.16. The smallest absolute Gasteiger partial charge is 0.325 e. The summed E-state index contributed by atoms with van der Waals surface area (Å²) < 4.78 is 10.0. The molecule has 0 aromatic carbocycles. The van der Waals surface area contributed by atoms with E-state index < -0.39 is 5.54 Å². The summed E-state index contributed by atoms with van der Waals surface area (Å²) in [6.45, 7) is 10.9. The average Bonchev–Trinajstić information content (AvgIpc) is 2.51. The molecule has 0 aliphatic carbocycles. The lowest BCUT2D eigenvalue weighted by Gasteiger charge is -2.28. The Balaban J connectivity index is 4.15. The average molecular weight is 302 g/mol. The van der Waals surface area contributed by atoms with Gasteiger partial charge in [-0.05, 0) is 52.2 Å². The molecule has 1 unspecified atom stereocenters. The van der Waals surface area contributed by atoms with Gasteiger partial charge in [-0.1, -0.05) is 13.8 Å². The highest BCUT2D eigenvalue weighted by Gasteiger charge is 2.32. The predicted octanol–water partition coefficient (Wildman–Crippen LogP) is 2.06. The Hall–Kier alpha value is -0.650. The molecule has 1 atom stereocenters. The maximum atomic E-state index is 12.0. The van der Waals surface area contributed by atoms with Gasteiger partial charge in [0.25, 0.3) is 0 Å². The molecule has 0 spiro atoms. The van der Waals surface area contributed by atoms with Crippen LogP contribution in [0.5, 0.6) is 0 Å². The van der Waals surface area contributed by atoms with Gasteiger partial charge < -0.3 is 19.7 Å². The third-order valence-electron chi connectivity index (χ3n) is 3.86. The molecule has 0 rings (SSSR count). The number of unbranched alkanes of at least 4 members (excludes halogenated alkanes) is 1. The van der Waals surface area contributed by atoms with Crippen LogP contribution in [0, 0.1) is 0 Å². The number of nitrogens with one attached hydrogen (secondary N) is 1. The van der Waals surface area contributed by atoms with Gasteiger partial charge >= 0.3 is 5.97 Å². The van der Waals surface area contributed by atoms with Gasteiger partial charge in [0.15, 0.2) is 0 Å². The van der Waals surface area contributed by atoms with Crippen LogP contribution in [0.2, 0.25) is 0 Å².